The van der Waals surface area contributed by atoms with E-state index in [0.29, 0.717) is 11.9 Å². The van der Waals surface area contributed by atoms with Crippen LogP contribution >= 0.6 is 0 Å². The van der Waals surface area contributed by atoms with Gasteiger partial charge in [0.2, 0.25) is 25.5 Å². The van der Waals surface area contributed by atoms with E-state index in [2.05, 4.69) is 77.6 Å². The van der Waals surface area contributed by atoms with E-state index in [1.807, 2.05) is 62.6 Å². The van der Waals surface area contributed by atoms with Gasteiger partial charge in [-0.3, -0.25) is 0 Å². The Morgan fingerprint density at radius 3 is 1.37 bits per heavy atom. The number of fused-ring (bicyclic) bond motifs is 4. The summed E-state index contributed by atoms with van der Waals surface area (Å²) in [5.74, 6) is 5.64. The Morgan fingerprint density at radius 1 is 0.444 bits per heavy atom. The van der Waals surface area contributed by atoms with Crippen LogP contribution in [0.15, 0.2) is 85.2 Å². The lowest BCUT2D eigenvalue weighted by atomic mass is 10.1. The number of hydrogen-bond donors (Lipinski definition) is 4. The van der Waals surface area contributed by atoms with Gasteiger partial charge in [0, 0.05) is 58.4 Å². The van der Waals surface area contributed by atoms with Crippen LogP contribution in [0.3, 0.4) is 0 Å². The zero-order chi connectivity index (χ0) is 36.4. The minimum absolute atomic E-state index is 0.259. The topological polar surface area (TPSA) is 137 Å². The first-order valence-corrected chi connectivity index (χ1v) is 18.3. The highest BCUT2D eigenvalue weighted by Gasteiger charge is 2.17. The van der Waals surface area contributed by atoms with Crippen LogP contribution in [0.2, 0.25) is 0 Å². The molecule has 12 heteroatoms. The van der Waals surface area contributed by atoms with Gasteiger partial charge in [0.1, 0.15) is 11.6 Å². The molecule has 2 aliphatic heterocycles. The van der Waals surface area contributed by atoms with Gasteiger partial charge in [-0.2, -0.15) is 9.97 Å². The van der Waals surface area contributed by atoms with E-state index in [1.165, 1.54) is 47.9 Å². The van der Waals surface area contributed by atoms with E-state index in [4.69, 9.17) is 18.9 Å². The van der Waals surface area contributed by atoms with Gasteiger partial charge in [0.15, 0.2) is 23.0 Å². The van der Waals surface area contributed by atoms with Gasteiger partial charge < -0.3 is 40.2 Å². The maximum absolute atomic E-state index is 5.44. The number of hydrogen-bond acceptors (Lipinski definition) is 12. The Kier molecular flexibility index (Phi) is 8.91. The highest BCUT2D eigenvalue weighted by molar-refractivity contribution is 5.67. The predicted molar refractivity (Wildman–Crippen MR) is 209 cm³/mol. The third kappa shape index (κ3) is 7.23. The maximum atomic E-state index is 5.44. The smallest absolute Gasteiger partial charge is 0.231 e. The predicted octanol–water partition coefficient (Wildman–Crippen LogP) is 8.98. The van der Waals surface area contributed by atoms with Crippen molar-refractivity contribution in [3.63, 3.8) is 0 Å². The molecule has 0 atom stereocenters. The molecule has 54 heavy (non-hydrogen) atoms. The van der Waals surface area contributed by atoms with E-state index < -0.39 is 0 Å². The van der Waals surface area contributed by atoms with E-state index in [0.717, 1.165) is 81.4 Å². The first-order valence-electron chi connectivity index (χ1n) is 18.3. The molecule has 0 radical (unpaired) electrons. The van der Waals surface area contributed by atoms with Crippen molar-refractivity contribution < 1.29 is 18.9 Å². The number of aryl methyl sites for hydroxylation is 6. The molecule has 0 unspecified atom stereocenters. The summed E-state index contributed by atoms with van der Waals surface area (Å²) >= 11 is 0. The summed E-state index contributed by atoms with van der Waals surface area (Å²) in [6.07, 6.45) is 10.8. The fourth-order valence-corrected chi connectivity index (χ4v) is 7.04. The summed E-state index contributed by atoms with van der Waals surface area (Å²) in [4.78, 5) is 18.1. The first kappa shape index (κ1) is 33.3. The molecule has 4 aliphatic rings. The fourth-order valence-electron chi connectivity index (χ4n) is 7.04. The number of aromatic nitrogens is 4. The molecule has 0 saturated heterocycles. The summed E-state index contributed by atoms with van der Waals surface area (Å²) in [6, 6.07) is 24.5. The largest absolute Gasteiger partial charge is 0.454 e. The summed E-state index contributed by atoms with van der Waals surface area (Å²) in [5.41, 5.74) is 11.6. The van der Waals surface area contributed by atoms with Crippen molar-refractivity contribution in [1.29, 1.82) is 0 Å². The van der Waals surface area contributed by atoms with Gasteiger partial charge in [0.25, 0.3) is 0 Å². The van der Waals surface area contributed by atoms with Gasteiger partial charge in [-0.25, -0.2) is 9.97 Å². The normalized spacial score (nSPS) is 14.1. The van der Waals surface area contributed by atoms with Crippen molar-refractivity contribution >= 4 is 46.3 Å². The number of nitrogens with one attached hydrogen (secondary N) is 4. The Hall–Kier alpha value is -6.56. The highest BCUT2D eigenvalue weighted by atomic mass is 16.7. The second-order valence-electron chi connectivity index (χ2n) is 13.8. The van der Waals surface area contributed by atoms with Gasteiger partial charge in [0.05, 0.1) is 0 Å². The lowest BCUT2D eigenvalue weighted by Crippen LogP contribution is -2.03. The van der Waals surface area contributed by atoms with Crippen molar-refractivity contribution in [2.45, 2.75) is 52.4 Å². The molecule has 6 aromatic rings. The molecular weight excluding hydrogens is 681 g/mol. The second kappa shape index (κ2) is 14.5. The third-order valence-corrected chi connectivity index (χ3v) is 9.92. The standard InChI is InChI=1S/2C21H20N4O2/c1-13-11-22-21(24-16-6-5-14-3-2-4-15(14)9-16)25-20(13)23-17-7-8-18-19(10-17)27-12-26-18;1-13-11-22-21(24-17-7-8-18-19(10-17)27-12-26-18)25-20(13)23-16-6-5-14-3-2-4-15(14)9-16/h2*5-11H,2-4,12H2,1H3,(H2,22,23,24,25). The molecule has 2 aliphatic carbocycles. The number of anilines is 8. The van der Waals surface area contributed by atoms with Crippen LogP contribution in [0.5, 0.6) is 23.0 Å². The first-order chi connectivity index (χ1) is 26.5. The van der Waals surface area contributed by atoms with Crippen LogP contribution in [0.1, 0.15) is 46.2 Å². The molecule has 0 fully saturated rings. The fraction of sp³-hybridized carbons (Fsp3) is 0.238. The number of ether oxygens (including phenoxy) is 4. The molecule has 12 nitrogen and oxygen atoms in total. The van der Waals surface area contributed by atoms with Crippen molar-refractivity contribution in [1.82, 2.24) is 19.9 Å². The molecule has 0 saturated carbocycles. The summed E-state index contributed by atoms with van der Waals surface area (Å²) < 4.78 is 21.6. The van der Waals surface area contributed by atoms with Gasteiger partial charge in [-0.05, 0) is 123 Å². The zero-order valence-electron chi connectivity index (χ0n) is 30.2. The third-order valence-electron chi connectivity index (χ3n) is 9.92. The average Bonchev–Trinajstić information content (AvgIpc) is 4.02. The van der Waals surface area contributed by atoms with Crippen LogP contribution in [0.4, 0.5) is 46.3 Å². The molecule has 272 valence electrons. The molecule has 4 aromatic carbocycles. The van der Waals surface area contributed by atoms with Gasteiger partial charge in [-0.15, -0.1) is 0 Å². The molecule has 4 heterocycles. The second-order valence-corrected chi connectivity index (χ2v) is 13.8. The Labute approximate surface area is 313 Å². The number of rotatable bonds is 8. The van der Waals surface area contributed by atoms with Crippen LogP contribution in [0.25, 0.3) is 0 Å². The molecule has 0 amide bonds. The molecule has 10 rings (SSSR count). The van der Waals surface area contributed by atoms with Crippen LogP contribution in [0, 0.1) is 13.8 Å². The van der Waals surface area contributed by atoms with Crippen molar-refractivity contribution in [3.05, 3.63) is 119 Å². The molecule has 0 bridgehead atoms. The number of benzene rings is 4. The minimum atomic E-state index is 0.259. The molecule has 0 spiro atoms. The average molecular weight is 721 g/mol. The van der Waals surface area contributed by atoms with Gasteiger partial charge >= 0.3 is 0 Å². The SMILES string of the molecule is Cc1cnc(Nc2ccc3c(c2)CCC3)nc1Nc1ccc2c(c1)OCO2.Cc1cnc(Nc2ccc3c(c2)OCO3)nc1Nc1ccc2c(c1)CCC2. The lowest BCUT2D eigenvalue weighted by Gasteiger charge is -2.12. The van der Waals surface area contributed by atoms with Crippen molar-refractivity contribution in [2.24, 2.45) is 0 Å². The minimum Gasteiger partial charge on any atom is -0.454 e. The molecule has 2 aromatic heterocycles. The Bertz CT molecular complexity index is 2200. The molecule has 4 N–H and O–H groups in total. The van der Waals surface area contributed by atoms with Crippen molar-refractivity contribution in [3.8, 4) is 23.0 Å². The highest BCUT2D eigenvalue weighted by Crippen LogP contribution is 2.37. The Morgan fingerprint density at radius 2 is 0.852 bits per heavy atom. The quantitative estimate of drug-likeness (QED) is 0.119. The van der Waals surface area contributed by atoms with E-state index in [-0.39, 0.29) is 13.6 Å². The lowest BCUT2D eigenvalue weighted by molar-refractivity contribution is 0.173. The maximum Gasteiger partial charge on any atom is 0.231 e. The number of nitrogens with zero attached hydrogens (tertiary/aromatic N) is 4. The van der Waals surface area contributed by atoms with E-state index in [9.17, 15) is 0 Å². The van der Waals surface area contributed by atoms with Crippen LogP contribution < -0.4 is 40.2 Å². The van der Waals surface area contributed by atoms with Crippen LogP contribution in [-0.2, 0) is 25.7 Å². The molecular formula is C42H40N8O4. The monoisotopic (exact) mass is 720 g/mol. The van der Waals surface area contributed by atoms with Crippen LogP contribution in [-0.4, -0.2) is 33.5 Å². The van der Waals surface area contributed by atoms with E-state index >= 15 is 0 Å². The van der Waals surface area contributed by atoms with E-state index in [1.54, 1.807) is 0 Å². The summed E-state index contributed by atoms with van der Waals surface area (Å²) in [7, 11) is 0. The Balaban J connectivity index is 0.000000142. The van der Waals surface area contributed by atoms with Gasteiger partial charge in [-0.1, -0.05) is 12.1 Å². The summed E-state index contributed by atoms with van der Waals surface area (Å²) in [5, 5.41) is 13.3. The van der Waals surface area contributed by atoms with Crippen molar-refractivity contribution in [2.75, 3.05) is 34.9 Å². The summed E-state index contributed by atoms with van der Waals surface area (Å²) in [6.45, 7) is 4.50. The zero-order valence-corrected chi connectivity index (χ0v) is 30.2.